The first-order valence-electron chi connectivity index (χ1n) is 8.57. The van der Waals surface area contributed by atoms with Gasteiger partial charge in [0, 0.05) is 27.7 Å². The molecule has 9 heteroatoms. The summed E-state index contributed by atoms with van der Waals surface area (Å²) in [5.41, 5.74) is 0.955. The van der Waals surface area contributed by atoms with E-state index >= 15 is 0 Å². The monoisotopic (exact) mass is 518 g/mol. The molecule has 2 aromatic carbocycles. The van der Waals surface area contributed by atoms with Gasteiger partial charge in [-0.3, -0.25) is 4.99 Å². The zero-order valence-corrected chi connectivity index (χ0v) is 19.4. The Hall–Kier alpha value is -1.85. The summed E-state index contributed by atoms with van der Waals surface area (Å²) in [6.45, 7) is 1.65. The van der Waals surface area contributed by atoms with Crippen molar-refractivity contribution in [3.8, 4) is 5.75 Å². The predicted octanol–water partition coefficient (Wildman–Crippen LogP) is 2.30. The summed E-state index contributed by atoms with van der Waals surface area (Å²) in [5.74, 6) is 1.48. The van der Waals surface area contributed by atoms with Crippen molar-refractivity contribution in [1.29, 1.82) is 0 Å². The van der Waals surface area contributed by atoms with E-state index in [0.29, 0.717) is 25.7 Å². The highest BCUT2D eigenvalue weighted by atomic mass is 127. The van der Waals surface area contributed by atoms with Gasteiger partial charge in [-0.25, -0.2) is 12.7 Å². The van der Waals surface area contributed by atoms with Crippen molar-refractivity contribution in [2.45, 2.75) is 11.4 Å². The summed E-state index contributed by atoms with van der Waals surface area (Å²) in [4.78, 5) is 4.44. The number of para-hydroxylation sites is 1. The number of rotatable bonds is 8. The first-order valence-corrected chi connectivity index (χ1v) is 10.0. The van der Waals surface area contributed by atoms with E-state index in [2.05, 4.69) is 15.6 Å². The van der Waals surface area contributed by atoms with Gasteiger partial charge < -0.3 is 15.4 Å². The first-order chi connectivity index (χ1) is 12.9. The fourth-order valence-electron chi connectivity index (χ4n) is 2.25. The number of aliphatic imine (C=N–C) groups is 1. The molecule has 2 N–H and O–H groups in total. The van der Waals surface area contributed by atoms with Crippen LogP contribution in [0.1, 0.15) is 5.56 Å². The molecular formula is C19H27IN4O3S. The molecule has 7 nitrogen and oxygen atoms in total. The van der Waals surface area contributed by atoms with Crippen molar-refractivity contribution < 1.29 is 13.2 Å². The van der Waals surface area contributed by atoms with Gasteiger partial charge in [0.15, 0.2) is 5.96 Å². The minimum absolute atomic E-state index is 0. The van der Waals surface area contributed by atoms with Crippen LogP contribution in [0.2, 0.25) is 0 Å². The van der Waals surface area contributed by atoms with Gasteiger partial charge >= 0.3 is 0 Å². The molecule has 28 heavy (non-hydrogen) atoms. The van der Waals surface area contributed by atoms with Crippen molar-refractivity contribution in [2.24, 2.45) is 4.99 Å². The van der Waals surface area contributed by atoms with Crippen molar-refractivity contribution in [3.63, 3.8) is 0 Å². The Labute approximate surface area is 184 Å². The van der Waals surface area contributed by atoms with Crippen molar-refractivity contribution in [2.75, 3.05) is 34.3 Å². The van der Waals surface area contributed by atoms with Crippen LogP contribution >= 0.6 is 24.0 Å². The maximum absolute atomic E-state index is 12.1. The quantitative estimate of drug-likeness (QED) is 0.243. The van der Waals surface area contributed by atoms with Gasteiger partial charge in [-0.15, -0.1) is 24.0 Å². The lowest BCUT2D eigenvalue weighted by molar-refractivity contribution is 0.322. The van der Waals surface area contributed by atoms with E-state index in [4.69, 9.17) is 4.74 Å². The fourth-order valence-corrected chi connectivity index (χ4v) is 3.15. The summed E-state index contributed by atoms with van der Waals surface area (Å²) in [6.07, 6.45) is 0. The normalized spacial score (nSPS) is 11.6. The molecule has 2 aromatic rings. The molecule has 2 rings (SSSR count). The number of ether oxygens (including phenoxy) is 1. The van der Waals surface area contributed by atoms with Crippen LogP contribution in [0.5, 0.6) is 5.75 Å². The molecule has 154 valence electrons. The zero-order chi connectivity index (χ0) is 19.7. The number of sulfonamides is 1. The summed E-state index contributed by atoms with van der Waals surface area (Å²) in [5, 5.41) is 6.36. The molecule has 0 heterocycles. The second-order valence-corrected chi connectivity index (χ2v) is 8.10. The first kappa shape index (κ1) is 24.2. The standard InChI is InChI=1S/C19H26N4O3S.HI/c1-20-19(21-13-14-26-17-7-5-4-6-8-17)22-15-16-9-11-18(12-10-16)27(24,25)23(2)3;/h4-12H,13-15H2,1-3H3,(H2,20,21,22);1H. The molecule has 0 unspecified atom stereocenters. The van der Waals surface area contributed by atoms with Crippen LogP contribution in [0.4, 0.5) is 0 Å². The van der Waals surface area contributed by atoms with Gasteiger partial charge in [-0.05, 0) is 29.8 Å². The Morgan fingerprint density at radius 3 is 2.25 bits per heavy atom. The highest BCUT2D eigenvalue weighted by molar-refractivity contribution is 14.0. The molecule has 0 radical (unpaired) electrons. The van der Waals surface area contributed by atoms with E-state index in [1.165, 1.54) is 18.4 Å². The third kappa shape index (κ3) is 7.28. The molecule has 0 aliphatic heterocycles. The van der Waals surface area contributed by atoms with Crippen LogP contribution in [-0.4, -0.2) is 53.0 Å². The van der Waals surface area contributed by atoms with E-state index in [1.807, 2.05) is 30.3 Å². The second kappa shape index (κ2) is 11.9. The number of nitrogens with one attached hydrogen (secondary N) is 2. The Morgan fingerprint density at radius 1 is 1.04 bits per heavy atom. The molecule has 0 atom stereocenters. The van der Waals surface area contributed by atoms with E-state index in [9.17, 15) is 8.42 Å². The molecule has 0 spiro atoms. The highest BCUT2D eigenvalue weighted by Gasteiger charge is 2.16. The van der Waals surface area contributed by atoms with Gasteiger partial charge in [0.2, 0.25) is 10.0 Å². The number of halogens is 1. The van der Waals surface area contributed by atoms with Crippen molar-refractivity contribution in [3.05, 3.63) is 60.2 Å². The summed E-state index contributed by atoms with van der Waals surface area (Å²) >= 11 is 0. The van der Waals surface area contributed by atoms with E-state index in [-0.39, 0.29) is 28.9 Å². The van der Waals surface area contributed by atoms with Crippen LogP contribution in [0.25, 0.3) is 0 Å². The maximum atomic E-state index is 12.1. The highest BCUT2D eigenvalue weighted by Crippen LogP contribution is 2.13. The number of nitrogens with zero attached hydrogens (tertiary/aromatic N) is 2. The van der Waals surface area contributed by atoms with Crippen LogP contribution < -0.4 is 15.4 Å². The van der Waals surface area contributed by atoms with Gasteiger partial charge in [0.1, 0.15) is 12.4 Å². The predicted molar refractivity (Wildman–Crippen MR) is 123 cm³/mol. The van der Waals surface area contributed by atoms with Crippen LogP contribution in [0.3, 0.4) is 0 Å². The van der Waals surface area contributed by atoms with E-state index in [0.717, 1.165) is 11.3 Å². The molecule has 0 aromatic heterocycles. The molecular weight excluding hydrogens is 491 g/mol. The summed E-state index contributed by atoms with van der Waals surface area (Å²) in [6, 6.07) is 16.4. The number of hydrogen-bond acceptors (Lipinski definition) is 4. The molecule has 0 bridgehead atoms. The van der Waals surface area contributed by atoms with Crippen LogP contribution in [-0.2, 0) is 16.6 Å². The minimum Gasteiger partial charge on any atom is -0.492 e. The number of hydrogen-bond donors (Lipinski definition) is 2. The summed E-state index contributed by atoms with van der Waals surface area (Å²) < 4.78 is 31.0. The Kier molecular flexibility index (Phi) is 10.3. The molecule has 0 saturated heterocycles. The molecule has 0 aliphatic rings. The largest absolute Gasteiger partial charge is 0.492 e. The lowest BCUT2D eigenvalue weighted by atomic mass is 10.2. The van der Waals surface area contributed by atoms with Crippen molar-refractivity contribution >= 4 is 40.0 Å². The van der Waals surface area contributed by atoms with E-state index < -0.39 is 10.0 Å². The Balaban J connectivity index is 0.00000392. The SMILES string of the molecule is CN=C(NCCOc1ccccc1)NCc1ccc(S(=O)(=O)N(C)C)cc1.I. The minimum atomic E-state index is -3.40. The average molecular weight is 518 g/mol. The van der Waals surface area contributed by atoms with Crippen molar-refractivity contribution in [1.82, 2.24) is 14.9 Å². The molecule has 0 amide bonds. The lowest BCUT2D eigenvalue weighted by Gasteiger charge is -2.14. The second-order valence-electron chi connectivity index (χ2n) is 5.95. The Morgan fingerprint density at radius 2 is 1.68 bits per heavy atom. The average Bonchev–Trinajstić information content (AvgIpc) is 2.68. The third-order valence-electron chi connectivity index (χ3n) is 3.79. The number of guanidine groups is 1. The van der Waals surface area contributed by atoms with E-state index in [1.54, 1.807) is 31.3 Å². The maximum Gasteiger partial charge on any atom is 0.242 e. The topological polar surface area (TPSA) is 83.0 Å². The Bertz CT molecular complexity index is 841. The third-order valence-corrected chi connectivity index (χ3v) is 5.62. The lowest BCUT2D eigenvalue weighted by Crippen LogP contribution is -2.38. The van der Waals surface area contributed by atoms with Crippen LogP contribution in [0.15, 0.2) is 64.5 Å². The van der Waals surface area contributed by atoms with Gasteiger partial charge in [0.05, 0.1) is 11.4 Å². The molecule has 0 fully saturated rings. The molecule has 0 saturated carbocycles. The van der Waals surface area contributed by atoms with Gasteiger partial charge in [-0.2, -0.15) is 0 Å². The smallest absolute Gasteiger partial charge is 0.242 e. The van der Waals surface area contributed by atoms with Crippen LogP contribution in [0, 0.1) is 0 Å². The zero-order valence-electron chi connectivity index (χ0n) is 16.3. The number of benzene rings is 2. The van der Waals surface area contributed by atoms with Gasteiger partial charge in [-0.1, -0.05) is 30.3 Å². The molecule has 0 aliphatic carbocycles. The summed E-state index contributed by atoms with van der Waals surface area (Å²) in [7, 11) is 1.32. The fraction of sp³-hybridized carbons (Fsp3) is 0.316. The van der Waals surface area contributed by atoms with Gasteiger partial charge in [0.25, 0.3) is 0 Å².